The first-order chi connectivity index (χ1) is 10.3. The molecule has 0 spiro atoms. The summed E-state index contributed by atoms with van der Waals surface area (Å²) in [6.45, 7) is 10.3. The molecule has 0 bridgehead atoms. The Morgan fingerprint density at radius 3 is 2.64 bits per heavy atom. The van der Waals surface area contributed by atoms with E-state index in [-0.39, 0.29) is 5.41 Å². The molecular weight excluding hydrogens is 300 g/mol. The topological polar surface area (TPSA) is 82.0 Å². The molecule has 3 aromatic heterocycles. The zero-order valence-electron chi connectivity index (χ0n) is 13.2. The van der Waals surface area contributed by atoms with Gasteiger partial charge in [-0.3, -0.25) is 0 Å². The number of aromatic nitrogens is 6. The zero-order valence-corrected chi connectivity index (χ0v) is 14.0. The molecule has 7 nitrogen and oxygen atoms in total. The van der Waals surface area contributed by atoms with Gasteiger partial charge in [0.15, 0.2) is 0 Å². The fraction of sp³-hybridized carbons (Fsp3) is 0.500. The van der Waals surface area contributed by atoms with Gasteiger partial charge in [-0.25, -0.2) is 4.98 Å². The molecule has 0 aliphatic heterocycles. The Morgan fingerprint density at radius 2 is 2.00 bits per heavy atom. The van der Waals surface area contributed by atoms with E-state index in [1.54, 1.807) is 4.52 Å². The van der Waals surface area contributed by atoms with Gasteiger partial charge in [0.1, 0.15) is 11.4 Å². The molecule has 0 radical (unpaired) electrons. The molecular formula is C14H18N6OS. The van der Waals surface area contributed by atoms with Crippen molar-refractivity contribution in [2.45, 2.75) is 56.2 Å². The molecule has 3 aromatic rings. The van der Waals surface area contributed by atoms with Gasteiger partial charge in [0.2, 0.25) is 5.89 Å². The Bertz CT molecular complexity index is 801. The van der Waals surface area contributed by atoms with E-state index in [9.17, 15) is 0 Å². The van der Waals surface area contributed by atoms with Crippen LogP contribution in [-0.4, -0.2) is 29.8 Å². The van der Waals surface area contributed by atoms with Crippen LogP contribution in [0.1, 0.15) is 52.1 Å². The largest absolute Gasteiger partial charge is 0.415 e. The highest BCUT2D eigenvalue weighted by Crippen LogP contribution is 2.30. The van der Waals surface area contributed by atoms with Gasteiger partial charge in [-0.2, -0.15) is 14.6 Å². The van der Waals surface area contributed by atoms with Gasteiger partial charge in [0, 0.05) is 11.1 Å². The summed E-state index contributed by atoms with van der Waals surface area (Å²) >= 11 is 1.37. The van der Waals surface area contributed by atoms with E-state index >= 15 is 0 Å². The highest BCUT2D eigenvalue weighted by atomic mass is 32.2. The lowest BCUT2D eigenvalue weighted by molar-refractivity contribution is 0.347. The fourth-order valence-corrected chi connectivity index (χ4v) is 2.59. The summed E-state index contributed by atoms with van der Waals surface area (Å²) in [7, 11) is 0. The van der Waals surface area contributed by atoms with Crippen molar-refractivity contribution in [2.24, 2.45) is 0 Å². The average Bonchev–Trinajstić information content (AvgIpc) is 3.05. The third-order valence-corrected chi connectivity index (χ3v) is 3.91. The zero-order chi connectivity index (χ0) is 15.9. The van der Waals surface area contributed by atoms with Crippen LogP contribution >= 0.6 is 11.8 Å². The lowest BCUT2D eigenvalue weighted by atomic mass is 9.97. The molecule has 0 amide bonds. The molecule has 22 heavy (non-hydrogen) atoms. The minimum Gasteiger partial charge on any atom is -0.415 e. The molecule has 3 heterocycles. The smallest absolute Gasteiger partial charge is 0.282 e. The highest BCUT2D eigenvalue weighted by molar-refractivity contribution is 7.99. The van der Waals surface area contributed by atoms with Gasteiger partial charge in [-0.05, 0) is 23.7 Å². The van der Waals surface area contributed by atoms with Crippen LogP contribution in [0.2, 0.25) is 0 Å². The third kappa shape index (κ3) is 2.83. The summed E-state index contributed by atoms with van der Waals surface area (Å²) in [6, 6.07) is 1.98. The summed E-state index contributed by atoms with van der Waals surface area (Å²) in [5.41, 5.74) is 0.786. The van der Waals surface area contributed by atoms with Crippen molar-refractivity contribution < 1.29 is 4.42 Å². The molecule has 0 saturated heterocycles. The molecule has 116 valence electrons. The number of hydrogen-bond donors (Lipinski definition) is 0. The summed E-state index contributed by atoms with van der Waals surface area (Å²) in [4.78, 5) is 8.66. The monoisotopic (exact) mass is 318 g/mol. The van der Waals surface area contributed by atoms with E-state index in [2.05, 4.69) is 39.1 Å². The summed E-state index contributed by atoms with van der Waals surface area (Å²) in [5, 5.41) is 13.8. The second-order valence-electron chi connectivity index (χ2n) is 6.37. The van der Waals surface area contributed by atoms with Crippen molar-refractivity contribution in [3.05, 3.63) is 24.0 Å². The van der Waals surface area contributed by atoms with Crippen LogP contribution in [0.4, 0.5) is 0 Å². The number of hydrogen-bond acceptors (Lipinski definition) is 7. The Morgan fingerprint density at radius 1 is 1.23 bits per heavy atom. The lowest BCUT2D eigenvalue weighted by Gasteiger charge is -2.11. The SMILES string of the molecule is CC(C)c1cc(Sc2nnc(C(C)(C)C)o2)n2ncnc2n1. The first kappa shape index (κ1) is 15.0. The third-order valence-electron chi connectivity index (χ3n) is 3.07. The predicted octanol–water partition coefficient (Wildman–Crippen LogP) is 3.08. The quantitative estimate of drug-likeness (QED) is 0.686. The van der Waals surface area contributed by atoms with E-state index in [0.717, 1.165) is 10.7 Å². The first-order valence-corrected chi connectivity index (χ1v) is 7.89. The number of rotatable bonds is 3. The molecule has 3 rings (SSSR count). The normalized spacial score (nSPS) is 12.5. The minimum atomic E-state index is -0.171. The second kappa shape index (κ2) is 5.35. The van der Waals surface area contributed by atoms with Crippen LogP contribution in [0.15, 0.2) is 27.1 Å². The van der Waals surface area contributed by atoms with Gasteiger partial charge in [-0.1, -0.05) is 34.6 Å². The molecule has 8 heteroatoms. The van der Waals surface area contributed by atoms with Gasteiger partial charge >= 0.3 is 0 Å². The molecule has 0 aliphatic carbocycles. The maximum atomic E-state index is 5.74. The van der Waals surface area contributed by atoms with E-state index in [4.69, 9.17) is 4.42 Å². The van der Waals surface area contributed by atoms with E-state index in [1.807, 2.05) is 26.8 Å². The van der Waals surface area contributed by atoms with Crippen molar-refractivity contribution >= 4 is 17.5 Å². The number of nitrogens with zero attached hydrogens (tertiary/aromatic N) is 6. The molecule has 0 saturated carbocycles. The van der Waals surface area contributed by atoms with Gasteiger partial charge < -0.3 is 4.42 Å². The van der Waals surface area contributed by atoms with E-state index in [0.29, 0.717) is 22.8 Å². The van der Waals surface area contributed by atoms with Crippen molar-refractivity contribution in [1.29, 1.82) is 0 Å². The second-order valence-corrected chi connectivity index (χ2v) is 7.34. The first-order valence-electron chi connectivity index (χ1n) is 7.07. The molecule has 0 unspecified atom stereocenters. The summed E-state index contributed by atoms with van der Waals surface area (Å²) < 4.78 is 7.41. The maximum absolute atomic E-state index is 5.74. The van der Waals surface area contributed by atoms with Gasteiger partial charge in [-0.15, -0.1) is 10.2 Å². The van der Waals surface area contributed by atoms with Gasteiger partial charge in [0.25, 0.3) is 11.0 Å². The minimum absolute atomic E-state index is 0.171. The van der Waals surface area contributed by atoms with Gasteiger partial charge in [0.05, 0.1) is 0 Å². The molecule has 0 atom stereocenters. The Labute approximate surface area is 132 Å². The molecule has 0 aliphatic rings. The van der Waals surface area contributed by atoms with Crippen molar-refractivity contribution in [1.82, 2.24) is 29.8 Å². The molecule has 0 N–H and O–H groups in total. The number of fused-ring (bicyclic) bond motifs is 1. The van der Waals surface area contributed by atoms with Crippen LogP contribution < -0.4 is 0 Å². The van der Waals surface area contributed by atoms with Crippen LogP contribution in [0.5, 0.6) is 0 Å². The fourth-order valence-electron chi connectivity index (χ4n) is 1.81. The Hall–Kier alpha value is -1.96. The van der Waals surface area contributed by atoms with Crippen LogP contribution in [0, 0.1) is 0 Å². The highest BCUT2D eigenvalue weighted by Gasteiger charge is 2.22. The summed E-state index contributed by atoms with van der Waals surface area (Å²) in [6.07, 6.45) is 1.49. The maximum Gasteiger partial charge on any atom is 0.282 e. The van der Waals surface area contributed by atoms with Crippen molar-refractivity contribution in [3.63, 3.8) is 0 Å². The van der Waals surface area contributed by atoms with Crippen LogP contribution in [-0.2, 0) is 5.41 Å². The van der Waals surface area contributed by atoms with Crippen LogP contribution in [0.25, 0.3) is 5.78 Å². The standard InChI is InChI=1S/C14H18N6OS/c1-8(2)9-6-10(20-12(17-9)15-7-16-20)22-13-19-18-11(21-13)14(3,4)5/h6-8H,1-5H3. The summed E-state index contributed by atoms with van der Waals surface area (Å²) in [5.74, 6) is 1.49. The molecule has 0 aromatic carbocycles. The average molecular weight is 318 g/mol. The lowest BCUT2D eigenvalue weighted by Crippen LogP contribution is -2.11. The Kier molecular flexibility index (Phi) is 3.64. The van der Waals surface area contributed by atoms with Crippen molar-refractivity contribution in [3.8, 4) is 0 Å². The van der Waals surface area contributed by atoms with Crippen LogP contribution in [0.3, 0.4) is 0 Å². The van der Waals surface area contributed by atoms with Crippen molar-refractivity contribution in [2.75, 3.05) is 0 Å². The van der Waals surface area contributed by atoms with E-state index < -0.39 is 0 Å². The molecule has 0 fully saturated rings. The predicted molar refractivity (Wildman–Crippen MR) is 82.0 cm³/mol. The van der Waals surface area contributed by atoms with E-state index in [1.165, 1.54) is 18.1 Å². The Balaban J connectivity index is 1.99.